The van der Waals surface area contributed by atoms with Crippen LogP contribution in [0.3, 0.4) is 0 Å². The van der Waals surface area contributed by atoms with Crippen molar-refractivity contribution >= 4 is 18.0 Å². The fourth-order valence-electron chi connectivity index (χ4n) is 1.18. The lowest BCUT2D eigenvalue weighted by Gasteiger charge is -2.13. The number of carbonyl (C=O) groups is 3. The summed E-state index contributed by atoms with van der Waals surface area (Å²) in [5, 5.41) is 24.8. The molecule has 0 aromatic carbocycles. The summed E-state index contributed by atoms with van der Waals surface area (Å²) >= 11 is 0. The monoisotopic (exact) mass is 261 g/mol. The van der Waals surface area contributed by atoms with E-state index in [1.54, 1.807) is 0 Å². The molecule has 8 heteroatoms. The van der Waals surface area contributed by atoms with Crippen LogP contribution in [-0.4, -0.2) is 53.9 Å². The molecule has 0 spiro atoms. The third-order valence-corrected chi connectivity index (χ3v) is 2.05. The summed E-state index contributed by atoms with van der Waals surface area (Å²) in [4.78, 5) is 32.3. The number of amides is 2. The summed E-state index contributed by atoms with van der Waals surface area (Å²) in [6, 6.07) is -2.10. The first-order valence-electron chi connectivity index (χ1n) is 5.67. The molecule has 0 aromatic heterocycles. The predicted octanol–water partition coefficient (Wildman–Crippen LogP) is -0.787. The molecule has 0 radical (unpaired) electrons. The number of urea groups is 1. The first-order valence-corrected chi connectivity index (χ1v) is 5.67. The van der Waals surface area contributed by atoms with E-state index in [0.29, 0.717) is 13.0 Å². The van der Waals surface area contributed by atoms with E-state index < -0.39 is 30.4 Å². The SMILES string of the molecule is CCNCCCNC(=O)N[C@H](CC(=O)O)C(=O)O. The maximum absolute atomic E-state index is 11.3. The number of nitrogens with one attached hydrogen (secondary N) is 3. The molecule has 0 rings (SSSR count). The molecule has 1 atom stereocenters. The molecular weight excluding hydrogens is 242 g/mol. The van der Waals surface area contributed by atoms with E-state index in [4.69, 9.17) is 10.2 Å². The van der Waals surface area contributed by atoms with Crippen molar-refractivity contribution in [2.45, 2.75) is 25.8 Å². The van der Waals surface area contributed by atoms with Crippen LogP contribution in [0.4, 0.5) is 4.79 Å². The Morgan fingerprint density at radius 1 is 1.17 bits per heavy atom. The smallest absolute Gasteiger partial charge is 0.326 e. The third kappa shape index (κ3) is 8.34. The second kappa shape index (κ2) is 9.23. The summed E-state index contributed by atoms with van der Waals surface area (Å²) in [5.41, 5.74) is 0. The Balaban J connectivity index is 3.88. The molecule has 0 unspecified atom stereocenters. The Morgan fingerprint density at radius 2 is 1.83 bits per heavy atom. The van der Waals surface area contributed by atoms with Crippen molar-refractivity contribution < 1.29 is 24.6 Å². The number of carboxylic acid groups (broad SMARTS) is 2. The lowest BCUT2D eigenvalue weighted by molar-refractivity contribution is -0.145. The fraction of sp³-hybridized carbons (Fsp3) is 0.700. The molecule has 2 amide bonds. The van der Waals surface area contributed by atoms with E-state index in [1.165, 1.54) is 0 Å². The van der Waals surface area contributed by atoms with Gasteiger partial charge in [-0.15, -0.1) is 0 Å². The Morgan fingerprint density at radius 3 is 2.33 bits per heavy atom. The lowest BCUT2D eigenvalue weighted by Crippen LogP contribution is -2.47. The van der Waals surface area contributed by atoms with Crippen LogP contribution < -0.4 is 16.0 Å². The molecule has 0 saturated heterocycles. The highest BCUT2D eigenvalue weighted by atomic mass is 16.4. The molecule has 0 aliphatic carbocycles. The van der Waals surface area contributed by atoms with E-state index in [9.17, 15) is 14.4 Å². The average Bonchev–Trinajstić information content (AvgIpc) is 2.27. The summed E-state index contributed by atoms with van der Waals surface area (Å²) in [6.45, 7) is 3.93. The van der Waals surface area contributed by atoms with Gasteiger partial charge in [-0.25, -0.2) is 9.59 Å². The highest BCUT2D eigenvalue weighted by Gasteiger charge is 2.22. The van der Waals surface area contributed by atoms with Crippen molar-refractivity contribution in [1.29, 1.82) is 0 Å². The molecule has 0 heterocycles. The van der Waals surface area contributed by atoms with Gasteiger partial charge < -0.3 is 26.2 Å². The first kappa shape index (κ1) is 16.2. The largest absolute Gasteiger partial charge is 0.481 e. The van der Waals surface area contributed by atoms with E-state index in [0.717, 1.165) is 13.1 Å². The van der Waals surface area contributed by atoms with E-state index in [1.807, 2.05) is 6.92 Å². The van der Waals surface area contributed by atoms with Gasteiger partial charge in [-0.2, -0.15) is 0 Å². The van der Waals surface area contributed by atoms with Crippen LogP contribution in [0.25, 0.3) is 0 Å². The number of carbonyl (C=O) groups excluding carboxylic acids is 1. The molecule has 104 valence electrons. The van der Waals surface area contributed by atoms with Gasteiger partial charge in [0, 0.05) is 6.54 Å². The fourth-order valence-corrected chi connectivity index (χ4v) is 1.18. The standard InChI is InChI=1S/C10H19N3O5/c1-2-11-4-3-5-12-10(18)13-7(9(16)17)6-8(14)15/h7,11H,2-6H2,1H3,(H,14,15)(H,16,17)(H2,12,13,18)/t7-/m1/s1. The molecule has 8 nitrogen and oxygen atoms in total. The number of aliphatic carboxylic acids is 2. The Hall–Kier alpha value is -1.83. The maximum atomic E-state index is 11.3. The zero-order valence-corrected chi connectivity index (χ0v) is 10.2. The minimum Gasteiger partial charge on any atom is -0.481 e. The Kier molecular flexibility index (Phi) is 8.29. The molecule has 0 aromatic rings. The van der Waals surface area contributed by atoms with Gasteiger partial charge in [0.2, 0.25) is 0 Å². The van der Waals surface area contributed by atoms with Crippen LogP contribution in [0.5, 0.6) is 0 Å². The van der Waals surface area contributed by atoms with Crippen LogP contribution in [0.2, 0.25) is 0 Å². The second-order valence-corrected chi connectivity index (χ2v) is 3.60. The second-order valence-electron chi connectivity index (χ2n) is 3.60. The number of hydrogen-bond donors (Lipinski definition) is 5. The van der Waals surface area contributed by atoms with Gasteiger partial charge in [0.1, 0.15) is 6.04 Å². The van der Waals surface area contributed by atoms with Crippen molar-refractivity contribution in [2.75, 3.05) is 19.6 Å². The number of carboxylic acids is 2. The molecule has 5 N–H and O–H groups in total. The highest BCUT2D eigenvalue weighted by Crippen LogP contribution is 1.92. The minimum atomic E-state index is -1.42. The minimum absolute atomic E-state index is 0.387. The van der Waals surface area contributed by atoms with E-state index in [2.05, 4.69) is 16.0 Å². The summed E-state index contributed by atoms with van der Waals surface area (Å²) in [5.74, 6) is -2.66. The van der Waals surface area contributed by atoms with E-state index in [-0.39, 0.29) is 0 Å². The van der Waals surface area contributed by atoms with Gasteiger partial charge >= 0.3 is 18.0 Å². The first-order chi connectivity index (χ1) is 8.47. The van der Waals surface area contributed by atoms with E-state index >= 15 is 0 Å². The van der Waals surface area contributed by atoms with Gasteiger partial charge in [-0.05, 0) is 19.5 Å². The summed E-state index contributed by atoms with van der Waals surface area (Å²) < 4.78 is 0. The quantitative estimate of drug-likeness (QED) is 0.346. The van der Waals surface area contributed by atoms with Crippen molar-refractivity contribution in [3.8, 4) is 0 Å². The maximum Gasteiger partial charge on any atom is 0.326 e. The van der Waals surface area contributed by atoms with Gasteiger partial charge in [-0.1, -0.05) is 6.92 Å². The summed E-state index contributed by atoms with van der Waals surface area (Å²) in [6.07, 6.45) is 0.0536. The van der Waals surface area contributed by atoms with Gasteiger partial charge in [0.15, 0.2) is 0 Å². The molecule has 0 bridgehead atoms. The molecule has 0 fully saturated rings. The molecule has 0 aliphatic heterocycles. The van der Waals surface area contributed by atoms with Crippen LogP contribution in [-0.2, 0) is 9.59 Å². The highest BCUT2D eigenvalue weighted by molar-refractivity contribution is 5.86. The molecule has 18 heavy (non-hydrogen) atoms. The Labute approximate surface area is 105 Å². The number of hydrogen-bond acceptors (Lipinski definition) is 4. The van der Waals surface area contributed by atoms with Crippen LogP contribution in [0, 0.1) is 0 Å². The van der Waals surface area contributed by atoms with Crippen molar-refractivity contribution in [3.05, 3.63) is 0 Å². The van der Waals surface area contributed by atoms with Gasteiger partial charge in [0.05, 0.1) is 6.42 Å². The molecule has 0 aliphatic rings. The van der Waals surface area contributed by atoms with Gasteiger partial charge in [0.25, 0.3) is 0 Å². The topological polar surface area (TPSA) is 128 Å². The zero-order chi connectivity index (χ0) is 14.0. The molecular formula is C10H19N3O5. The van der Waals surface area contributed by atoms with Crippen molar-refractivity contribution in [2.24, 2.45) is 0 Å². The van der Waals surface area contributed by atoms with Crippen LogP contribution in [0.15, 0.2) is 0 Å². The lowest BCUT2D eigenvalue weighted by atomic mass is 10.2. The Bertz CT molecular complexity index is 295. The normalized spacial score (nSPS) is 11.6. The summed E-state index contributed by atoms with van der Waals surface area (Å²) in [7, 11) is 0. The van der Waals surface area contributed by atoms with Gasteiger partial charge in [-0.3, -0.25) is 4.79 Å². The van der Waals surface area contributed by atoms with Crippen LogP contribution in [0.1, 0.15) is 19.8 Å². The predicted molar refractivity (Wildman–Crippen MR) is 63.4 cm³/mol. The number of rotatable bonds is 9. The van der Waals surface area contributed by atoms with Crippen LogP contribution >= 0.6 is 0 Å². The zero-order valence-electron chi connectivity index (χ0n) is 10.2. The third-order valence-electron chi connectivity index (χ3n) is 2.05. The average molecular weight is 261 g/mol. The van der Waals surface area contributed by atoms with Crippen molar-refractivity contribution in [3.63, 3.8) is 0 Å². The molecule has 0 saturated carbocycles. The van der Waals surface area contributed by atoms with Crippen molar-refractivity contribution in [1.82, 2.24) is 16.0 Å².